The van der Waals surface area contributed by atoms with Gasteiger partial charge in [-0.05, 0) is 25.5 Å². The lowest BCUT2D eigenvalue weighted by molar-refractivity contribution is 0.0692. The number of carbonyl (C=O) groups is 1. The van der Waals surface area contributed by atoms with Crippen LogP contribution in [0.4, 0.5) is 5.69 Å². The highest BCUT2D eigenvalue weighted by molar-refractivity contribution is 7.92. The van der Waals surface area contributed by atoms with Crippen LogP contribution in [0.5, 0.6) is 0 Å². The maximum absolute atomic E-state index is 12.5. The molecule has 21 heavy (non-hydrogen) atoms. The number of carboxylic acids is 1. The van der Waals surface area contributed by atoms with Crippen molar-refractivity contribution in [2.75, 3.05) is 11.4 Å². The molecule has 0 aliphatic carbocycles. The van der Waals surface area contributed by atoms with Gasteiger partial charge < -0.3 is 5.11 Å². The van der Waals surface area contributed by atoms with Crippen molar-refractivity contribution in [3.05, 3.63) is 41.1 Å². The molecule has 2 rings (SSSR count). The fourth-order valence-corrected chi connectivity index (χ4v) is 3.37. The minimum atomic E-state index is -4.03. The monoisotopic (exact) mass is 309 g/mol. The van der Waals surface area contributed by atoms with Gasteiger partial charge in [-0.1, -0.05) is 17.7 Å². The third-order valence-electron chi connectivity index (χ3n) is 3.14. The van der Waals surface area contributed by atoms with Crippen molar-refractivity contribution < 1.29 is 18.3 Å². The van der Waals surface area contributed by atoms with E-state index in [9.17, 15) is 13.2 Å². The molecule has 0 atom stereocenters. The summed E-state index contributed by atoms with van der Waals surface area (Å²) >= 11 is 0. The summed E-state index contributed by atoms with van der Waals surface area (Å²) in [4.78, 5) is 11.1. The summed E-state index contributed by atoms with van der Waals surface area (Å²) < 4.78 is 26.1. The molecule has 0 bridgehead atoms. The van der Waals surface area contributed by atoms with Crippen molar-refractivity contribution in [2.24, 2.45) is 0 Å². The number of aromatic carboxylic acids is 1. The van der Waals surface area contributed by atoms with E-state index in [0.29, 0.717) is 5.69 Å². The predicted molar refractivity (Wildman–Crippen MR) is 77.1 cm³/mol. The highest BCUT2D eigenvalue weighted by atomic mass is 32.2. The van der Waals surface area contributed by atoms with E-state index < -0.39 is 21.0 Å². The van der Waals surface area contributed by atoms with Crippen LogP contribution < -0.4 is 4.31 Å². The minimum absolute atomic E-state index is 0.383. The first-order valence-corrected chi connectivity index (χ1v) is 7.52. The van der Waals surface area contributed by atoms with Crippen LogP contribution in [0.15, 0.2) is 29.4 Å². The summed E-state index contributed by atoms with van der Waals surface area (Å²) in [5.74, 6) is -1.35. The SMILES string of the molecule is Cc1ccc(N(C)S(=O)(=O)c2[nH]ncc2C(=O)O)c(C)c1. The summed E-state index contributed by atoms with van der Waals surface area (Å²) in [6.07, 6.45) is 0.977. The van der Waals surface area contributed by atoms with Gasteiger partial charge >= 0.3 is 5.97 Å². The Kier molecular flexibility index (Phi) is 3.73. The highest BCUT2D eigenvalue weighted by Crippen LogP contribution is 2.26. The fraction of sp³-hybridized carbons (Fsp3) is 0.231. The van der Waals surface area contributed by atoms with Gasteiger partial charge in [-0.15, -0.1) is 0 Å². The second-order valence-corrected chi connectivity index (χ2v) is 6.59. The van der Waals surface area contributed by atoms with Crippen molar-refractivity contribution in [3.63, 3.8) is 0 Å². The Morgan fingerprint density at radius 3 is 2.57 bits per heavy atom. The summed E-state index contributed by atoms with van der Waals surface area (Å²) in [5, 5.41) is 14.3. The lowest BCUT2D eigenvalue weighted by Gasteiger charge is -2.21. The first kappa shape index (κ1) is 15.0. The zero-order chi connectivity index (χ0) is 15.8. The third kappa shape index (κ3) is 2.62. The molecule has 112 valence electrons. The maximum Gasteiger partial charge on any atom is 0.340 e. The van der Waals surface area contributed by atoms with Crippen LogP contribution in [-0.4, -0.2) is 36.7 Å². The van der Waals surface area contributed by atoms with Crippen LogP contribution >= 0.6 is 0 Å². The van der Waals surface area contributed by atoms with Crippen LogP contribution in [0.3, 0.4) is 0 Å². The molecule has 2 aromatic rings. The largest absolute Gasteiger partial charge is 0.478 e. The van der Waals surface area contributed by atoms with Crippen molar-refractivity contribution in [1.29, 1.82) is 0 Å². The van der Waals surface area contributed by atoms with Gasteiger partial charge in [-0.3, -0.25) is 9.40 Å². The number of benzene rings is 1. The quantitative estimate of drug-likeness (QED) is 0.892. The molecule has 0 spiro atoms. The van der Waals surface area contributed by atoms with Crippen LogP contribution in [0.1, 0.15) is 21.5 Å². The van der Waals surface area contributed by atoms with E-state index in [1.165, 1.54) is 7.05 Å². The normalized spacial score (nSPS) is 11.4. The number of anilines is 1. The summed E-state index contributed by atoms with van der Waals surface area (Å²) in [6.45, 7) is 3.70. The molecular weight excluding hydrogens is 294 g/mol. The molecule has 8 heteroatoms. The number of hydrogen-bond donors (Lipinski definition) is 2. The topological polar surface area (TPSA) is 103 Å². The Labute approximate surface area is 122 Å². The number of nitrogens with one attached hydrogen (secondary N) is 1. The number of aromatic amines is 1. The van der Waals surface area contributed by atoms with E-state index in [-0.39, 0.29) is 5.56 Å². The van der Waals surface area contributed by atoms with Crippen LogP contribution in [0.25, 0.3) is 0 Å². The number of rotatable bonds is 4. The Bertz CT molecular complexity index is 795. The van der Waals surface area contributed by atoms with Gasteiger partial charge in [-0.25, -0.2) is 4.79 Å². The molecule has 0 unspecified atom stereocenters. The van der Waals surface area contributed by atoms with Crippen molar-refractivity contribution in [3.8, 4) is 0 Å². The Hall–Kier alpha value is -2.35. The van der Waals surface area contributed by atoms with Gasteiger partial charge in [0.05, 0.1) is 11.9 Å². The average molecular weight is 309 g/mol. The molecule has 7 nitrogen and oxygen atoms in total. The number of H-pyrrole nitrogens is 1. The minimum Gasteiger partial charge on any atom is -0.478 e. The van der Waals surface area contributed by atoms with Gasteiger partial charge in [0.1, 0.15) is 5.56 Å². The summed E-state index contributed by atoms with van der Waals surface area (Å²) in [6, 6.07) is 5.32. The van der Waals surface area contributed by atoms with Gasteiger partial charge in [0, 0.05) is 7.05 Å². The van der Waals surface area contributed by atoms with E-state index >= 15 is 0 Å². The Morgan fingerprint density at radius 2 is 2.00 bits per heavy atom. The Morgan fingerprint density at radius 1 is 1.33 bits per heavy atom. The molecule has 0 radical (unpaired) electrons. The number of sulfonamides is 1. The lowest BCUT2D eigenvalue weighted by Crippen LogP contribution is -2.28. The summed E-state index contributed by atoms with van der Waals surface area (Å²) in [5.41, 5.74) is 1.88. The molecule has 0 aliphatic rings. The zero-order valence-electron chi connectivity index (χ0n) is 11.8. The number of aromatic nitrogens is 2. The average Bonchev–Trinajstić information content (AvgIpc) is 2.88. The zero-order valence-corrected chi connectivity index (χ0v) is 12.6. The Balaban J connectivity index is 2.53. The van der Waals surface area contributed by atoms with Crippen molar-refractivity contribution in [1.82, 2.24) is 10.2 Å². The van der Waals surface area contributed by atoms with E-state index in [4.69, 9.17) is 5.11 Å². The molecule has 0 fully saturated rings. The predicted octanol–water partition coefficient (Wildman–Crippen LogP) is 1.55. The van der Waals surface area contributed by atoms with Gasteiger partial charge in [0.15, 0.2) is 5.03 Å². The number of aryl methyl sites for hydroxylation is 2. The third-order valence-corrected chi connectivity index (χ3v) is 4.89. The second-order valence-electron chi connectivity index (χ2n) is 4.68. The van der Waals surface area contributed by atoms with Gasteiger partial charge in [0.25, 0.3) is 10.0 Å². The smallest absolute Gasteiger partial charge is 0.340 e. The number of hydrogen-bond acceptors (Lipinski definition) is 4. The van der Waals surface area contributed by atoms with Crippen LogP contribution in [-0.2, 0) is 10.0 Å². The first-order chi connectivity index (χ1) is 9.75. The number of nitrogens with zero attached hydrogens (tertiary/aromatic N) is 2. The van der Waals surface area contributed by atoms with E-state index in [0.717, 1.165) is 21.6 Å². The maximum atomic E-state index is 12.5. The first-order valence-electron chi connectivity index (χ1n) is 6.08. The van der Waals surface area contributed by atoms with Gasteiger partial charge in [-0.2, -0.15) is 13.5 Å². The molecule has 0 aliphatic heterocycles. The second kappa shape index (κ2) is 5.21. The number of carboxylic acid groups (broad SMARTS) is 1. The molecule has 0 amide bonds. The molecule has 2 N–H and O–H groups in total. The molecule has 0 saturated carbocycles. The fourth-order valence-electron chi connectivity index (χ4n) is 2.05. The van der Waals surface area contributed by atoms with E-state index in [1.807, 2.05) is 13.0 Å². The molecule has 1 heterocycles. The van der Waals surface area contributed by atoms with E-state index in [1.54, 1.807) is 19.1 Å². The molecule has 1 aromatic carbocycles. The van der Waals surface area contributed by atoms with Crippen molar-refractivity contribution in [2.45, 2.75) is 18.9 Å². The van der Waals surface area contributed by atoms with Gasteiger partial charge in [0.2, 0.25) is 0 Å². The summed E-state index contributed by atoms with van der Waals surface area (Å²) in [7, 11) is -2.65. The van der Waals surface area contributed by atoms with Crippen LogP contribution in [0.2, 0.25) is 0 Å². The molecule has 0 saturated heterocycles. The van der Waals surface area contributed by atoms with Crippen molar-refractivity contribution >= 4 is 21.7 Å². The molecular formula is C13H15N3O4S. The lowest BCUT2D eigenvalue weighted by atomic mass is 10.1. The standard InChI is InChI=1S/C13H15N3O4S/c1-8-4-5-11(9(2)6-8)16(3)21(19,20)12-10(13(17)18)7-14-15-12/h4-7H,1-3H3,(H,14,15)(H,17,18). The van der Waals surface area contributed by atoms with E-state index in [2.05, 4.69) is 10.2 Å². The highest BCUT2D eigenvalue weighted by Gasteiger charge is 2.29. The van der Waals surface area contributed by atoms with Crippen LogP contribution in [0, 0.1) is 13.8 Å². The molecule has 1 aromatic heterocycles.